The number of aryl methyl sites for hydroxylation is 1. The zero-order valence-corrected chi connectivity index (χ0v) is 22.5. The molecule has 0 spiro atoms. The molecule has 4 rings (SSSR count). The minimum Gasteiger partial charge on any atom is -0.494 e. The zero-order chi connectivity index (χ0) is 22.4. The number of benzene rings is 1. The molecule has 0 radical (unpaired) electrons. The highest BCUT2D eigenvalue weighted by molar-refractivity contribution is 14.0. The summed E-state index contributed by atoms with van der Waals surface area (Å²) >= 11 is 0. The first-order valence-corrected chi connectivity index (χ1v) is 12.0. The van der Waals surface area contributed by atoms with Gasteiger partial charge in [-0.1, -0.05) is 12.1 Å². The van der Waals surface area contributed by atoms with Crippen LogP contribution in [-0.2, 0) is 17.2 Å². The standard InChI is InChI=1S/C25H37N5O2.HI/c1-4-26-24(30-13-10-20(18-30)21-16-28-29(3)17-21)27-19-25(11-14-31-15-12-25)22-6-8-23(9-7-22)32-5-2;/h6-9,16-17,20H,4-5,10-15,18-19H2,1-3H3,(H,26,27);1H. The Hall–Kier alpha value is -1.81. The molecule has 2 saturated heterocycles. The van der Waals surface area contributed by atoms with Gasteiger partial charge in [0.25, 0.3) is 0 Å². The maximum Gasteiger partial charge on any atom is 0.193 e. The van der Waals surface area contributed by atoms with Gasteiger partial charge in [-0.05, 0) is 56.4 Å². The van der Waals surface area contributed by atoms with E-state index in [1.807, 2.05) is 24.9 Å². The van der Waals surface area contributed by atoms with Crippen LogP contribution in [0, 0.1) is 0 Å². The number of likely N-dealkylation sites (tertiary alicyclic amines) is 1. The highest BCUT2D eigenvalue weighted by Gasteiger charge is 2.35. The molecule has 2 aliphatic rings. The van der Waals surface area contributed by atoms with E-state index in [0.717, 1.165) is 70.4 Å². The number of hydrogen-bond acceptors (Lipinski definition) is 4. The van der Waals surface area contributed by atoms with E-state index in [2.05, 4.69) is 52.7 Å². The molecule has 33 heavy (non-hydrogen) atoms. The second-order valence-electron chi connectivity index (χ2n) is 8.90. The van der Waals surface area contributed by atoms with Crippen molar-refractivity contribution in [2.45, 2.75) is 44.4 Å². The molecule has 0 aliphatic carbocycles. The Balaban J connectivity index is 0.00000306. The molecular weight excluding hydrogens is 529 g/mol. The number of ether oxygens (including phenoxy) is 2. The second-order valence-corrected chi connectivity index (χ2v) is 8.90. The average Bonchev–Trinajstić information content (AvgIpc) is 3.47. The molecule has 2 aromatic rings. The topological polar surface area (TPSA) is 63.9 Å². The highest BCUT2D eigenvalue weighted by atomic mass is 127. The molecule has 1 unspecified atom stereocenters. The molecule has 1 aromatic heterocycles. The minimum absolute atomic E-state index is 0. The Morgan fingerprint density at radius 2 is 2.00 bits per heavy atom. The van der Waals surface area contributed by atoms with Gasteiger partial charge in [-0.3, -0.25) is 9.67 Å². The number of rotatable bonds is 7. The van der Waals surface area contributed by atoms with Crippen LogP contribution in [0.15, 0.2) is 41.7 Å². The summed E-state index contributed by atoms with van der Waals surface area (Å²) in [6.07, 6.45) is 7.25. The van der Waals surface area contributed by atoms with Crippen molar-refractivity contribution in [3.63, 3.8) is 0 Å². The lowest BCUT2D eigenvalue weighted by atomic mass is 9.74. The zero-order valence-electron chi connectivity index (χ0n) is 20.1. The SMILES string of the molecule is CCNC(=NCC1(c2ccc(OCC)cc2)CCOCC1)N1CCC(c2cnn(C)c2)C1.I. The van der Waals surface area contributed by atoms with Crippen LogP contribution in [0.5, 0.6) is 5.75 Å². The van der Waals surface area contributed by atoms with Crippen molar-refractivity contribution in [2.75, 3.05) is 46.0 Å². The highest BCUT2D eigenvalue weighted by Crippen LogP contribution is 2.36. The quantitative estimate of drug-likeness (QED) is 0.312. The van der Waals surface area contributed by atoms with Gasteiger partial charge in [0.05, 0.1) is 19.3 Å². The number of aliphatic imine (C=N–C) groups is 1. The van der Waals surface area contributed by atoms with Gasteiger partial charge in [0.15, 0.2) is 5.96 Å². The third-order valence-corrected chi connectivity index (χ3v) is 6.78. The summed E-state index contributed by atoms with van der Waals surface area (Å²) in [7, 11) is 1.98. The predicted molar refractivity (Wildman–Crippen MR) is 143 cm³/mol. The maximum absolute atomic E-state index is 5.72. The summed E-state index contributed by atoms with van der Waals surface area (Å²) in [5.41, 5.74) is 2.66. The van der Waals surface area contributed by atoms with Gasteiger partial charge in [0, 0.05) is 57.4 Å². The number of nitrogens with one attached hydrogen (secondary N) is 1. The Bertz CT molecular complexity index is 892. The fraction of sp³-hybridized carbons (Fsp3) is 0.600. The molecule has 7 nitrogen and oxygen atoms in total. The molecule has 0 amide bonds. The molecule has 0 bridgehead atoms. The van der Waals surface area contributed by atoms with Crippen LogP contribution < -0.4 is 10.1 Å². The van der Waals surface area contributed by atoms with Crippen molar-refractivity contribution in [3.05, 3.63) is 47.8 Å². The maximum atomic E-state index is 5.72. The van der Waals surface area contributed by atoms with Gasteiger partial charge in [-0.2, -0.15) is 5.10 Å². The normalized spacial score (nSPS) is 20.4. The van der Waals surface area contributed by atoms with Crippen LogP contribution in [0.2, 0.25) is 0 Å². The van der Waals surface area contributed by atoms with Gasteiger partial charge < -0.3 is 19.7 Å². The molecule has 2 fully saturated rings. The number of nitrogens with zero attached hydrogens (tertiary/aromatic N) is 4. The van der Waals surface area contributed by atoms with E-state index in [9.17, 15) is 0 Å². The molecule has 2 aliphatic heterocycles. The van der Waals surface area contributed by atoms with Crippen LogP contribution in [0.4, 0.5) is 0 Å². The van der Waals surface area contributed by atoms with E-state index in [-0.39, 0.29) is 29.4 Å². The summed E-state index contributed by atoms with van der Waals surface area (Å²) in [5, 5.41) is 7.90. The largest absolute Gasteiger partial charge is 0.494 e. The Labute approximate surface area is 214 Å². The Morgan fingerprint density at radius 1 is 1.24 bits per heavy atom. The monoisotopic (exact) mass is 567 g/mol. The van der Waals surface area contributed by atoms with Crippen LogP contribution >= 0.6 is 24.0 Å². The second kappa shape index (κ2) is 12.1. The lowest BCUT2D eigenvalue weighted by molar-refractivity contribution is 0.0530. The third-order valence-electron chi connectivity index (χ3n) is 6.78. The summed E-state index contributed by atoms with van der Waals surface area (Å²) in [4.78, 5) is 7.59. The average molecular weight is 568 g/mol. The minimum atomic E-state index is 0. The van der Waals surface area contributed by atoms with E-state index >= 15 is 0 Å². The molecule has 3 heterocycles. The lowest BCUT2D eigenvalue weighted by Crippen LogP contribution is -2.42. The van der Waals surface area contributed by atoms with Crippen LogP contribution in [0.3, 0.4) is 0 Å². The predicted octanol–water partition coefficient (Wildman–Crippen LogP) is 3.94. The Kier molecular flexibility index (Phi) is 9.43. The number of halogens is 1. The van der Waals surface area contributed by atoms with Crippen molar-refractivity contribution in [1.82, 2.24) is 20.0 Å². The van der Waals surface area contributed by atoms with Crippen molar-refractivity contribution < 1.29 is 9.47 Å². The van der Waals surface area contributed by atoms with E-state index in [4.69, 9.17) is 14.5 Å². The fourth-order valence-corrected chi connectivity index (χ4v) is 4.90. The molecule has 1 atom stereocenters. The first-order valence-electron chi connectivity index (χ1n) is 12.0. The number of hydrogen-bond donors (Lipinski definition) is 1. The Morgan fingerprint density at radius 3 is 2.64 bits per heavy atom. The molecule has 1 N–H and O–H groups in total. The van der Waals surface area contributed by atoms with Gasteiger partial charge >= 0.3 is 0 Å². The van der Waals surface area contributed by atoms with Crippen LogP contribution in [-0.4, -0.2) is 66.6 Å². The summed E-state index contributed by atoms with van der Waals surface area (Å²) in [6.45, 7) is 10.0. The van der Waals surface area contributed by atoms with Crippen LogP contribution in [0.1, 0.15) is 50.2 Å². The molecular formula is C25H38IN5O2. The summed E-state index contributed by atoms with van der Waals surface area (Å²) in [6, 6.07) is 8.61. The first-order chi connectivity index (χ1) is 15.6. The number of guanidine groups is 1. The summed E-state index contributed by atoms with van der Waals surface area (Å²) < 4.78 is 13.3. The van der Waals surface area contributed by atoms with Gasteiger partial charge in [0.2, 0.25) is 0 Å². The van der Waals surface area contributed by atoms with Crippen molar-refractivity contribution >= 4 is 29.9 Å². The lowest BCUT2D eigenvalue weighted by Gasteiger charge is -2.37. The van der Waals surface area contributed by atoms with E-state index in [1.54, 1.807) is 0 Å². The van der Waals surface area contributed by atoms with Gasteiger partial charge in [0.1, 0.15) is 5.75 Å². The van der Waals surface area contributed by atoms with E-state index in [1.165, 1.54) is 11.1 Å². The first kappa shape index (κ1) is 25.8. The van der Waals surface area contributed by atoms with Crippen LogP contribution in [0.25, 0.3) is 0 Å². The van der Waals surface area contributed by atoms with Gasteiger partial charge in [-0.15, -0.1) is 24.0 Å². The molecule has 182 valence electrons. The smallest absolute Gasteiger partial charge is 0.193 e. The van der Waals surface area contributed by atoms with Crippen molar-refractivity contribution in [1.29, 1.82) is 0 Å². The van der Waals surface area contributed by atoms with Gasteiger partial charge in [-0.25, -0.2) is 0 Å². The number of aromatic nitrogens is 2. The summed E-state index contributed by atoms with van der Waals surface area (Å²) in [5.74, 6) is 2.46. The molecule has 8 heteroatoms. The van der Waals surface area contributed by atoms with Crippen molar-refractivity contribution in [2.24, 2.45) is 12.0 Å². The third kappa shape index (κ3) is 6.20. The van der Waals surface area contributed by atoms with Crippen molar-refractivity contribution in [3.8, 4) is 5.75 Å². The van der Waals surface area contributed by atoms with E-state index in [0.29, 0.717) is 12.5 Å². The van der Waals surface area contributed by atoms with E-state index < -0.39 is 0 Å². The molecule has 0 saturated carbocycles. The molecule has 1 aromatic carbocycles. The fourth-order valence-electron chi connectivity index (χ4n) is 4.90.